The lowest BCUT2D eigenvalue weighted by molar-refractivity contribution is -0.135. The van der Waals surface area contributed by atoms with Crippen LogP contribution in [0.4, 0.5) is 0 Å². The zero-order valence-electron chi connectivity index (χ0n) is 9.57. The number of carbonyl (C=O) groups is 1. The number of esters is 1. The Labute approximate surface area is 95.0 Å². The summed E-state index contributed by atoms with van der Waals surface area (Å²) in [7, 11) is 1.26. The molecule has 0 atom stereocenters. The van der Waals surface area contributed by atoms with Crippen molar-refractivity contribution in [1.82, 2.24) is 0 Å². The minimum Gasteiger partial charge on any atom is -0.465 e. The second-order valence-electron chi connectivity index (χ2n) is 3.52. The van der Waals surface area contributed by atoms with Crippen molar-refractivity contribution in [2.75, 3.05) is 7.11 Å². The number of methoxy groups -OCH3 is 1. The first kappa shape index (κ1) is 12.0. The monoisotopic (exact) mass is 215 g/mol. The highest BCUT2D eigenvalue weighted by Crippen LogP contribution is 2.14. The molecule has 0 saturated carbocycles. The molecule has 0 aliphatic rings. The fraction of sp³-hybridized carbons (Fsp3) is 0.231. The van der Waals surface area contributed by atoms with Gasteiger partial charge in [0.05, 0.1) is 7.11 Å². The van der Waals surface area contributed by atoms with E-state index in [2.05, 4.69) is 4.74 Å². The number of aryl methyl sites for hydroxylation is 2. The van der Waals surface area contributed by atoms with Gasteiger partial charge in [-0.3, -0.25) is 0 Å². The Morgan fingerprint density at radius 2 is 2.12 bits per heavy atom. The third-order valence-corrected chi connectivity index (χ3v) is 2.26. The van der Waals surface area contributed by atoms with Crippen LogP contribution in [0.15, 0.2) is 23.8 Å². The fourth-order valence-corrected chi connectivity index (χ4v) is 1.32. The molecular formula is C13H13NO2. The first-order valence-corrected chi connectivity index (χ1v) is 4.86. The number of nitrogens with zero attached hydrogens (tertiary/aromatic N) is 1. The van der Waals surface area contributed by atoms with E-state index in [0.29, 0.717) is 0 Å². The van der Waals surface area contributed by atoms with Crippen molar-refractivity contribution in [3.63, 3.8) is 0 Å². The highest BCUT2D eigenvalue weighted by Gasteiger charge is 2.09. The lowest BCUT2D eigenvalue weighted by Crippen LogP contribution is -2.02. The minimum atomic E-state index is -0.608. The Morgan fingerprint density at radius 1 is 1.44 bits per heavy atom. The van der Waals surface area contributed by atoms with Crippen molar-refractivity contribution < 1.29 is 9.53 Å². The van der Waals surface area contributed by atoms with Gasteiger partial charge in [0.2, 0.25) is 0 Å². The Bertz CT molecular complexity index is 481. The first-order valence-electron chi connectivity index (χ1n) is 4.86. The van der Waals surface area contributed by atoms with Crippen LogP contribution in [0, 0.1) is 25.2 Å². The quantitative estimate of drug-likeness (QED) is 0.432. The van der Waals surface area contributed by atoms with Crippen LogP contribution in [-0.4, -0.2) is 13.1 Å². The van der Waals surface area contributed by atoms with Gasteiger partial charge >= 0.3 is 5.97 Å². The summed E-state index contributed by atoms with van der Waals surface area (Å²) >= 11 is 0. The van der Waals surface area contributed by atoms with E-state index >= 15 is 0 Å². The van der Waals surface area contributed by atoms with Gasteiger partial charge in [0.15, 0.2) is 0 Å². The van der Waals surface area contributed by atoms with Gasteiger partial charge < -0.3 is 4.74 Å². The van der Waals surface area contributed by atoms with Crippen LogP contribution < -0.4 is 0 Å². The molecule has 1 aromatic carbocycles. The summed E-state index contributed by atoms with van der Waals surface area (Å²) in [6.07, 6.45) is 1.55. The van der Waals surface area contributed by atoms with Gasteiger partial charge in [0.25, 0.3) is 0 Å². The standard InChI is InChI=1S/C13H13NO2/c1-9-4-5-10(2)11(6-9)7-12(8-14)13(15)16-3/h4-7H,1-3H3/b12-7+. The van der Waals surface area contributed by atoms with Crippen LogP contribution in [0.25, 0.3) is 6.08 Å². The smallest absolute Gasteiger partial charge is 0.348 e. The maximum Gasteiger partial charge on any atom is 0.348 e. The normalized spacial score (nSPS) is 10.8. The lowest BCUT2D eigenvalue weighted by Gasteiger charge is -2.02. The Balaban J connectivity index is 3.19. The maximum atomic E-state index is 11.2. The van der Waals surface area contributed by atoms with Crippen molar-refractivity contribution >= 4 is 12.0 Å². The SMILES string of the molecule is COC(=O)/C(C#N)=C/c1cc(C)ccc1C. The van der Waals surface area contributed by atoms with Gasteiger partial charge in [-0.05, 0) is 31.1 Å². The van der Waals surface area contributed by atoms with Gasteiger partial charge in [-0.1, -0.05) is 23.8 Å². The number of carbonyl (C=O) groups excluding carboxylic acids is 1. The van der Waals surface area contributed by atoms with Crippen LogP contribution in [0.1, 0.15) is 16.7 Å². The van der Waals surface area contributed by atoms with Crippen molar-refractivity contribution in [3.8, 4) is 6.07 Å². The van der Waals surface area contributed by atoms with Crippen molar-refractivity contribution in [2.24, 2.45) is 0 Å². The third-order valence-electron chi connectivity index (χ3n) is 2.26. The molecule has 0 amide bonds. The van der Waals surface area contributed by atoms with E-state index in [-0.39, 0.29) is 5.57 Å². The number of nitriles is 1. The number of benzene rings is 1. The molecule has 3 nitrogen and oxygen atoms in total. The van der Waals surface area contributed by atoms with Crippen LogP contribution in [0.5, 0.6) is 0 Å². The molecule has 0 bridgehead atoms. The molecule has 16 heavy (non-hydrogen) atoms. The molecule has 0 spiro atoms. The highest BCUT2D eigenvalue weighted by atomic mass is 16.5. The molecule has 1 aromatic rings. The molecule has 0 radical (unpaired) electrons. The van der Waals surface area contributed by atoms with Crippen LogP contribution in [0.3, 0.4) is 0 Å². The van der Waals surface area contributed by atoms with Gasteiger partial charge in [-0.2, -0.15) is 5.26 Å². The Hall–Kier alpha value is -2.08. The van der Waals surface area contributed by atoms with Crippen molar-refractivity contribution in [2.45, 2.75) is 13.8 Å². The molecule has 0 N–H and O–H groups in total. The average molecular weight is 215 g/mol. The largest absolute Gasteiger partial charge is 0.465 e. The van der Waals surface area contributed by atoms with Gasteiger partial charge in [-0.25, -0.2) is 4.79 Å². The van der Waals surface area contributed by atoms with Crippen LogP contribution >= 0.6 is 0 Å². The predicted octanol–water partition coefficient (Wildman–Crippen LogP) is 2.38. The second-order valence-corrected chi connectivity index (χ2v) is 3.52. The molecule has 3 heteroatoms. The molecule has 0 heterocycles. The first-order chi connectivity index (χ1) is 7.58. The van der Waals surface area contributed by atoms with E-state index < -0.39 is 5.97 Å². The van der Waals surface area contributed by atoms with Gasteiger partial charge in [-0.15, -0.1) is 0 Å². The number of hydrogen-bond acceptors (Lipinski definition) is 3. The summed E-state index contributed by atoms with van der Waals surface area (Å²) in [6, 6.07) is 7.70. The molecule has 0 unspecified atom stereocenters. The maximum absolute atomic E-state index is 11.2. The third kappa shape index (κ3) is 2.71. The molecule has 0 aliphatic carbocycles. The molecule has 1 rings (SSSR count). The summed E-state index contributed by atoms with van der Waals surface area (Å²) in [6.45, 7) is 3.89. The topological polar surface area (TPSA) is 50.1 Å². The van der Waals surface area contributed by atoms with E-state index in [1.54, 1.807) is 6.08 Å². The van der Waals surface area contributed by atoms with Crippen molar-refractivity contribution in [1.29, 1.82) is 5.26 Å². The number of rotatable bonds is 2. The zero-order chi connectivity index (χ0) is 12.1. The predicted molar refractivity (Wildman–Crippen MR) is 61.5 cm³/mol. The van der Waals surface area contributed by atoms with Crippen LogP contribution in [0.2, 0.25) is 0 Å². The molecule has 0 saturated heterocycles. The summed E-state index contributed by atoms with van der Waals surface area (Å²) in [5.74, 6) is -0.608. The second kappa shape index (κ2) is 5.13. The fourth-order valence-electron chi connectivity index (χ4n) is 1.32. The van der Waals surface area contributed by atoms with Gasteiger partial charge in [0.1, 0.15) is 11.6 Å². The van der Waals surface area contributed by atoms with E-state index in [1.807, 2.05) is 38.1 Å². The molecule has 0 aromatic heterocycles. The average Bonchev–Trinajstić information content (AvgIpc) is 2.29. The van der Waals surface area contributed by atoms with E-state index in [1.165, 1.54) is 7.11 Å². The number of hydrogen-bond donors (Lipinski definition) is 0. The summed E-state index contributed by atoms with van der Waals surface area (Å²) in [4.78, 5) is 11.2. The van der Waals surface area contributed by atoms with E-state index in [9.17, 15) is 4.79 Å². The minimum absolute atomic E-state index is 0.0104. The van der Waals surface area contributed by atoms with Crippen molar-refractivity contribution in [3.05, 3.63) is 40.5 Å². The molecule has 82 valence electrons. The highest BCUT2D eigenvalue weighted by molar-refractivity contribution is 5.98. The van der Waals surface area contributed by atoms with E-state index in [0.717, 1.165) is 16.7 Å². The zero-order valence-corrected chi connectivity index (χ0v) is 9.57. The molecular weight excluding hydrogens is 202 g/mol. The lowest BCUT2D eigenvalue weighted by atomic mass is 10.0. The number of ether oxygens (including phenoxy) is 1. The Morgan fingerprint density at radius 3 is 2.69 bits per heavy atom. The summed E-state index contributed by atoms with van der Waals surface area (Å²) < 4.78 is 4.52. The van der Waals surface area contributed by atoms with Crippen LogP contribution in [-0.2, 0) is 9.53 Å². The summed E-state index contributed by atoms with van der Waals surface area (Å²) in [5.41, 5.74) is 2.97. The summed E-state index contributed by atoms with van der Waals surface area (Å²) in [5, 5.41) is 8.83. The molecule has 0 fully saturated rings. The Kier molecular flexibility index (Phi) is 3.84. The van der Waals surface area contributed by atoms with Gasteiger partial charge in [0, 0.05) is 0 Å². The molecule has 0 aliphatic heterocycles. The van der Waals surface area contributed by atoms with E-state index in [4.69, 9.17) is 5.26 Å².